The highest BCUT2D eigenvalue weighted by molar-refractivity contribution is 7.09. The normalized spacial score (nSPS) is 17.3. The van der Waals surface area contributed by atoms with Crippen molar-refractivity contribution in [1.82, 2.24) is 24.8 Å². The van der Waals surface area contributed by atoms with Crippen LogP contribution < -0.4 is 25.8 Å². The maximum Gasteiger partial charge on any atom is 0.276 e. The summed E-state index contributed by atoms with van der Waals surface area (Å²) in [5.74, 6) is 1.58. The molecule has 2 aromatic carbocycles. The Balaban J connectivity index is 1.22. The average Bonchev–Trinajstić information content (AvgIpc) is 3.56. The van der Waals surface area contributed by atoms with E-state index in [1.807, 2.05) is 78.1 Å². The number of pyridine rings is 1. The Kier molecular flexibility index (Phi) is 8.72. The van der Waals surface area contributed by atoms with Gasteiger partial charge >= 0.3 is 0 Å². The molecule has 5 heterocycles. The molecule has 11 heteroatoms. The number of rotatable bonds is 9. The van der Waals surface area contributed by atoms with Crippen LogP contribution >= 0.6 is 11.3 Å². The summed E-state index contributed by atoms with van der Waals surface area (Å²) in [6.45, 7) is 3.76. The van der Waals surface area contributed by atoms with E-state index >= 15 is 0 Å². The molecule has 1 atom stereocenters. The maximum absolute atomic E-state index is 14.3. The van der Waals surface area contributed by atoms with Gasteiger partial charge in [0.1, 0.15) is 23.2 Å². The number of fused-ring (bicyclic) bond motifs is 1. The molecule has 1 unspecified atom stereocenters. The zero-order chi connectivity index (χ0) is 30.6. The molecule has 0 saturated carbocycles. The Hall–Kier alpha value is -4.32. The number of thiazole rings is 1. The predicted molar refractivity (Wildman–Crippen MR) is 179 cm³/mol. The van der Waals surface area contributed by atoms with E-state index in [2.05, 4.69) is 15.6 Å². The van der Waals surface area contributed by atoms with Gasteiger partial charge < -0.3 is 25.0 Å². The van der Waals surface area contributed by atoms with Crippen LogP contribution in [0.25, 0.3) is 11.0 Å². The molecular formula is C34H37N7O3S. The van der Waals surface area contributed by atoms with Crippen LogP contribution in [0.4, 0.5) is 23.0 Å². The fraction of sp³-hybridized carbons (Fsp3) is 0.353. The van der Waals surface area contributed by atoms with Crippen LogP contribution in [-0.2, 0) is 11.3 Å². The number of ether oxygens (including phenoxy) is 2. The lowest BCUT2D eigenvalue weighted by Crippen LogP contribution is -2.37. The molecular weight excluding hydrogens is 586 g/mol. The van der Waals surface area contributed by atoms with Crippen LogP contribution in [0.2, 0.25) is 0 Å². The van der Waals surface area contributed by atoms with E-state index < -0.39 is 0 Å². The minimum absolute atomic E-state index is 0.122. The number of hydrogen-bond acceptors (Lipinski definition) is 10. The van der Waals surface area contributed by atoms with Crippen molar-refractivity contribution >= 4 is 45.4 Å². The van der Waals surface area contributed by atoms with E-state index in [0.29, 0.717) is 29.7 Å². The first-order valence-electron chi connectivity index (χ1n) is 15.6. The summed E-state index contributed by atoms with van der Waals surface area (Å²) in [5, 5.41) is 7.48. The standard InChI is InChI=1S/C34H37N7O3S/c1-40(26-6-3-2-4-7-26)29-18-24-19-36-34(38-25-9-11-27(12-10-25)44-28-8-5-15-35-20-28)39-32(24)41(33(29)42)21-30-31(37-22-45-30)23-13-16-43-17-14-23/h2-4,6-7,9-12,18-19,22-23,28,35H,5,8,13-17,20-21H2,1H3,(H,36,38,39). The quantitative estimate of drug-likeness (QED) is 0.210. The zero-order valence-electron chi connectivity index (χ0n) is 25.3. The van der Waals surface area contributed by atoms with E-state index in [1.54, 1.807) is 22.1 Å². The van der Waals surface area contributed by atoms with E-state index in [9.17, 15) is 4.79 Å². The van der Waals surface area contributed by atoms with Crippen LogP contribution in [0.5, 0.6) is 5.75 Å². The van der Waals surface area contributed by atoms with Gasteiger partial charge in [0, 0.05) is 60.6 Å². The molecule has 10 nitrogen and oxygen atoms in total. The second-order valence-corrected chi connectivity index (χ2v) is 12.5. The third-order valence-corrected chi connectivity index (χ3v) is 9.39. The van der Waals surface area contributed by atoms with Gasteiger partial charge in [-0.15, -0.1) is 11.3 Å². The summed E-state index contributed by atoms with van der Waals surface area (Å²) in [7, 11) is 1.91. The summed E-state index contributed by atoms with van der Waals surface area (Å²) in [6, 6.07) is 19.6. The van der Waals surface area contributed by atoms with E-state index in [0.717, 1.165) is 85.1 Å². The van der Waals surface area contributed by atoms with Gasteiger partial charge in [0.2, 0.25) is 5.95 Å². The van der Waals surface area contributed by atoms with Gasteiger partial charge in [-0.25, -0.2) is 9.97 Å². The highest BCUT2D eigenvalue weighted by Crippen LogP contribution is 2.32. The molecule has 0 radical (unpaired) electrons. The van der Waals surface area contributed by atoms with Crippen molar-refractivity contribution < 1.29 is 9.47 Å². The van der Waals surface area contributed by atoms with Crippen LogP contribution in [0.15, 0.2) is 77.2 Å². The van der Waals surface area contributed by atoms with E-state index in [1.165, 1.54) is 0 Å². The number of hydrogen-bond donors (Lipinski definition) is 2. The Morgan fingerprint density at radius 2 is 1.91 bits per heavy atom. The molecule has 2 aliphatic rings. The average molecular weight is 624 g/mol. The minimum Gasteiger partial charge on any atom is -0.489 e. The number of piperidine rings is 1. The van der Waals surface area contributed by atoms with Gasteiger partial charge in [-0.1, -0.05) is 18.2 Å². The Labute approximate surface area is 266 Å². The van der Waals surface area contributed by atoms with Crippen LogP contribution in [0, 0.1) is 0 Å². The van der Waals surface area contributed by atoms with Crippen molar-refractivity contribution in [3.63, 3.8) is 0 Å². The molecule has 0 aliphatic carbocycles. The third kappa shape index (κ3) is 6.56. The molecule has 45 heavy (non-hydrogen) atoms. The van der Waals surface area contributed by atoms with Crippen molar-refractivity contribution in [3.05, 3.63) is 93.3 Å². The van der Waals surface area contributed by atoms with Crippen molar-refractivity contribution in [3.8, 4) is 5.75 Å². The molecule has 5 aromatic rings. The second kappa shape index (κ2) is 13.4. The molecule has 2 N–H and O–H groups in total. The van der Waals surface area contributed by atoms with Gasteiger partial charge in [0.05, 0.1) is 17.7 Å². The van der Waals surface area contributed by atoms with Gasteiger partial charge in [-0.3, -0.25) is 9.36 Å². The largest absolute Gasteiger partial charge is 0.489 e. The highest BCUT2D eigenvalue weighted by Gasteiger charge is 2.23. The Morgan fingerprint density at radius 3 is 2.69 bits per heavy atom. The number of anilines is 4. The highest BCUT2D eigenvalue weighted by atomic mass is 32.1. The molecule has 0 amide bonds. The third-order valence-electron chi connectivity index (χ3n) is 8.56. The van der Waals surface area contributed by atoms with E-state index in [4.69, 9.17) is 19.4 Å². The molecule has 7 rings (SSSR count). The van der Waals surface area contributed by atoms with E-state index in [-0.39, 0.29) is 11.7 Å². The van der Waals surface area contributed by atoms with Crippen LogP contribution in [-0.4, -0.2) is 59.0 Å². The van der Waals surface area contributed by atoms with Gasteiger partial charge in [-0.2, -0.15) is 4.98 Å². The summed E-state index contributed by atoms with van der Waals surface area (Å²) in [4.78, 5) is 31.5. The fourth-order valence-corrected chi connectivity index (χ4v) is 6.92. The first-order chi connectivity index (χ1) is 22.1. The Morgan fingerprint density at radius 1 is 1.09 bits per heavy atom. The molecule has 2 aliphatic heterocycles. The zero-order valence-corrected chi connectivity index (χ0v) is 26.1. The second-order valence-electron chi connectivity index (χ2n) is 11.6. The number of aromatic nitrogens is 4. The predicted octanol–water partition coefficient (Wildman–Crippen LogP) is 5.83. The monoisotopic (exact) mass is 623 g/mol. The molecule has 0 spiro atoms. The summed E-state index contributed by atoms with van der Waals surface area (Å²) >= 11 is 1.59. The van der Waals surface area contributed by atoms with Gasteiger partial charge in [-0.05, 0) is 74.7 Å². The van der Waals surface area contributed by atoms with Gasteiger partial charge in [0.15, 0.2) is 0 Å². The smallest absolute Gasteiger partial charge is 0.276 e. The van der Waals surface area contributed by atoms with Crippen molar-refractivity contribution in [2.75, 3.05) is 43.6 Å². The summed E-state index contributed by atoms with van der Waals surface area (Å²) in [6.07, 6.45) is 6.01. The summed E-state index contributed by atoms with van der Waals surface area (Å²) < 4.78 is 13.5. The SMILES string of the molecule is CN(c1ccccc1)c1cc2cnc(Nc3ccc(OC4CCCNC4)cc3)nc2n(Cc2scnc2C2CCOCC2)c1=O. The number of benzene rings is 2. The first kappa shape index (κ1) is 29.4. The lowest BCUT2D eigenvalue weighted by molar-refractivity contribution is 0.0844. The van der Waals surface area contributed by atoms with Crippen molar-refractivity contribution in [1.29, 1.82) is 0 Å². The first-order valence-corrected chi connectivity index (χ1v) is 16.4. The summed E-state index contributed by atoms with van der Waals surface area (Å²) in [5.41, 5.74) is 5.70. The van der Waals surface area contributed by atoms with Crippen molar-refractivity contribution in [2.45, 2.75) is 44.2 Å². The lowest BCUT2D eigenvalue weighted by atomic mass is 9.95. The Bertz CT molecular complexity index is 1800. The number of para-hydroxylation sites is 1. The molecule has 232 valence electrons. The topological polar surface area (TPSA) is 106 Å². The maximum atomic E-state index is 14.3. The molecule has 2 fully saturated rings. The molecule has 2 saturated heterocycles. The van der Waals surface area contributed by atoms with Crippen LogP contribution in [0.3, 0.4) is 0 Å². The van der Waals surface area contributed by atoms with Gasteiger partial charge in [0.25, 0.3) is 5.56 Å². The van der Waals surface area contributed by atoms with Crippen LogP contribution in [0.1, 0.15) is 42.2 Å². The fourth-order valence-electron chi connectivity index (χ4n) is 6.09. The number of nitrogens with zero attached hydrogens (tertiary/aromatic N) is 5. The lowest BCUT2D eigenvalue weighted by Gasteiger charge is -2.24. The van der Waals surface area contributed by atoms with Crippen molar-refractivity contribution in [2.24, 2.45) is 0 Å². The molecule has 3 aromatic heterocycles. The number of nitrogens with one attached hydrogen (secondary N) is 2. The molecule has 0 bridgehead atoms. The minimum atomic E-state index is -0.122.